The van der Waals surface area contributed by atoms with E-state index >= 15 is 39.5 Å². The summed E-state index contributed by atoms with van der Waals surface area (Å²) in [6, 6.07) is 39.9. The second-order valence-corrected chi connectivity index (χ2v) is 23.4. The van der Waals surface area contributed by atoms with E-state index in [1.807, 2.05) is 78.6 Å². The Morgan fingerprint density at radius 1 is 0.341 bits per heavy atom. The maximum absolute atomic E-state index is 15.9. The SMILES string of the molecule is Cc1cc(C)c(-c2cc3c4c(cc5c(-c6c(C)cc(C)cc6C)cc6c7c(cc2c4c57)B2c4ccc(C(F)(F)F)cc4N(c4ccccc4)c4cc(C(F)(F)F)cc-6c42)B2c4ccc(C)cc4N(C)c4cc(C(F)(F)F)cc-3c42)c(C)c1. The van der Waals surface area contributed by atoms with Crippen molar-refractivity contribution in [1.82, 2.24) is 0 Å². The van der Waals surface area contributed by atoms with Crippen molar-refractivity contribution in [2.24, 2.45) is 0 Å². The number of hydrogen-bond donors (Lipinski definition) is 0. The Hall–Kier alpha value is -8.44. The summed E-state index contributed by atoms with van der Waals surface area (Å²) in [5.74, 6) is 0. The summed E-state index contributed by atoms with van der Waals surface area (Å²) in [5.41, 5.74) is 15.2. The van der Waals surface area contributed by atoms with Gasteiger partial charge >= 0.3 is 18.5 Å². The predicted molar refractivity (Wildman–Crippen MR) is 319 cm³/mol. The third kappa shape index (κ3) is 6.88. The molecule has 0 fully saturated rings. The highest BCUT2D eigenvalue weighted by Gasteiger charge is 2.48. The molecule has 2 nitrogen and oxygen atoms in total. The molecular weight excluding hydrogens is 1050 g/mol. The largest absolute Gasteiger partial charge is 0.416 e. The van der Waals surface area contributed by atoms with Crippen molar-refractivity contribution in [2.75, 3.05) is 16.8 Å². The van der Waals surface area contributed by atoms with Gasteiger partial charge < -0.3 is 9.80 Å². The average molecular weight is 1100 g/mol. The third-order valence-corrected chi connectivity index (χ3v) is 18.2. The predicted octanol–water partition coefficient (Wildman–Crippen LogP) is 16.0. The number of alkyl halides is 9. The monoisotopic (exact) mass is 1100 g/mol. The fourth-order valence-corrected chi connectivity index (χ4v) is 15.3. The third-order valence-electron chi connectivity index (χ3n) is 18.2. The van der Waals surface area contributed by atoms with Gasteiger partial charge in [0.1, 0.15) is 0 Å². The Morgan fingerprint density at radius 3 is 1.27 bits per heavy atom. The van der Waals surface area contributed by atoms with Crippen LogP contribution in [0.25, 0.3) is 76.8 Å². The van der Waals surface area contributed by atoms with E-state index in [9.17, 15) is 0 Å². The zero-order chi connectivity index (χ0) is 57.3. The molecule has 4 aliphatic rings. The van der Waals surface area contributed by atoms with Crippen molar-refractivity contribution < 1.29 is 39.5 Å². The summed E-state index contributed by atoms with van der Waals surface area (Å²) in [5, 5.41) is 4.43. The summed E-state index contributed by atoms with van der Waals surface area (Å²) >= 11 is 0. The molecule has 0 saturated carbocycles. The molecule has 0 N–H and O–H groups in total. The highest BCUT2D eigenvalue weighted by molar-refractivity contribution is 7.02. The number of anilines is 5. The van der Waals surface area contributed by atoms with Gasteiger partial charge in [0, 0.05) is 35.5 Å². The number of halogens is 9. The van der Waals surface area contributed by atoms with Crippen molar-refractivity contribution in [3.8, 4) is 44.5 Å². The lowest BCUT2D eigenvalue weighted by Gasteiger charge is -2.42. The minimum atomic E-state index is -4.89. The lowest BCUT2D eigenvalue weighted by Crippen LogP contribution is -2.60. The molecule has 13 heteroatoms. The van der Waals surface area contributed by atoms with Crippen LogP contribution in [-0.4, -0.2) is 20.5 Å². The van der Waals surface area contributed by atoms with Gasteiger partial charge in [0.2, 0.25) is 13.4 Å². The summed E-state index contributed by atoms with van der Waals surface area (Å²) in [4.78, 5) is 3.42. The molecule has 0 saturated heterocycles. The van der Waals surface area contributed by atoms with E-state index in [0.717, 1.165) is 128 Å². The van der Waals surface area contributed by atoms with Crippen molar-refractivity contribution in [1.29, 1.82) is 0 Å². The molecule has 0 amide bonds. The molecule has 0 aromatic heterocycles. The van der Waals surface area contributed by atoms with Gasteiger partial charge in [-0.2, -0.15) is 39.5 Å². The van der Waals surface area contributed by atoms with E-state index in [2.05, 4.69) is 48.5 Å². The van der Waals surface area contributed by atoms with Gasteiger partial charge in [-0.25, -0.2) is 0 Å². The molecule has 11 aromatic rings. The normalized spacial score (nSPS) is 14.1. The Kier molecular flexibility index (Phi) is 10.2. The minimum Gasteiger partial charge on any atom is -0.345 e. The van der Waals surface area contributed by atoms with Gasteiger partial charge in [-0.15, -0.1) is 0 Å². The highest BCUT2D eigenvalue weighted by atomic mass is 19.4. The van der Waals surface area contributed by atoms with Crippen molar-refractivity contribution in [3.05, 3.63) is 195 Å². The second-order valence-electron chi connectivity index (χ2n) is 23.4. The smallest absolute Gasteiger partial charge is 0.345 e. The summed E-state index contributed by atoms with van der Waals surface area (Å²) in [7, 11) is 1.82. The molecule has 0 bridgehead atoms. The number of nitrogens with zero attached hydrogens (tertiary/aromatic N) is 2. The van der Waals surface area contributed by atoms with E-state index in [4.69, 9.17) is 0 Å². The van der Waals surface area contributed by atoms with Crippen LogP contribution in [0.15, 0.2) is 140 Å². The maximum atomic E-state index is 15.9. The van der Waals surface area contributed by atoms with Crippen LogP contribution in [0.1, 0.15) is 55.6 Å². The lowest BCUT2D eigenvalue weighted by molar-refractivity contribution is -0.138. The Morgan fingerprint density at radius 2 is 0.780 bits per heavy atom. The molecule has 4 heterocycles. The van der Waals surface area contributed by atoms with Crippen molar-refractivity contribution in [3.63, 3.8) is 0 Å². The summed E-state index contributed by atoms with van der Waals surface area (Å²) in [6.07, 6.45) is -14.4. The molecule has 4 aliphatic heterocycles. The van der Waals surface area contributed by atoms with Crippen LogP contribution in [0, 0.1) is 48.5 Å². The molecule has 11 aromatic carbocycles. The first-order valence-electron chi connectivity index (χ1n) is 27.3. The minimum absolute atomic E-state index is 0.0949. The van der Waals surface area contributed by atoms with E-state index in [-0.39, 0.29) is 16.9 Å². The summed E-state index contributed by atoms with van der Waals surface area (Å²) < 4.78 is 140. The zero-order valence-electron chi connectivity index (χ0n) is 45.7. The van der Waals surface area contributed by atoms with Crippen LogP contribution in [-0.2, 0) is 18.5 Å². The number of hydrogen-bond acceptors (Lipinski definition) is 2. The van der Waals surface area contributed by atoms with Gasteiger partial charge in [0.25, 0.3) is 0 Å². The van der Waals surface area contributed by atoms with Gasteiger partial charge in [0.05, 0.1) is 16.7 Å². The molecule has 15 rings (SSSR count). The van der Waals surface area contributed by atoms with Gasteiger partial charge in [-0.05, 0) is 236 Å². The van der Waals surface area contributed by atoms with Crippen LogP contribution in [0.2, 0.25) is 0 Å². The number of fused-ring (bicyclic) bond motifs is 8. The number of aryl methyl sites for hydroxylation is 7. The molecular formula is C69H47B2F9N2. The molecule has 0 atom stereocenters. The first-order valence-corrected chi connectivity index (χ1v) is 27.3. The van der Waals surface area contributed by atoms with Crippen LogP contribution in [0.5, 0.6) is 0 Å². The fourth-order valence-electron chi connectivity index (χ4n) is 15.3. The first-order chi connectivity index (χ1) is 38.9. The van der Waals surface area contributed by atoms with E-state index in [0.29, 0.717) is 49.8 Å². The molecule has 0 spiro atoms. The average Bonchev–Trinajstić information content (AvgIpc) is 0.930. The molecule has 0 aliphatic carbocycles. The van der Waals surface area contributed by atoms with Gasteiger partial charge in [-0.1, -0.05) is 101 Å². The maximum Gasteiger partial charge on any atom is 0.416 e. The van der Waals surface area contributed by atoms with E-state index in [1.54, 1.807) is 35.2 Å². The first kappa shape index (κ1) is 50.5. The number of para-hydroxylation sites is 1. The molecule has 402 valence electrons. The standard InChI is InChI=1S/C69H47B2F9N2/c1-32-14-16-51-55(22-32)81(8)57-26-40(68(75,76)77)23-49-45-28-43(59-35(4)18-33(2)19-36(59)5)48-31-54-62-46(29-44(60-37(6)20-34(3)21-38(60)7)47-30-53(70(51)65(49)57)61(45)63(48)64(47)62)50-24-41(69(78,79)80)27-58-66(50)71(54)52-17-15-39(67(72,73)74)25-56(52)82(58)42-12-10-9-11-13-42/h9-31H,1-8H3. The van der Waals surface area contributed by atoms with Crippen molar-refractivity contribution in [2.45, 2.75) is 67.0 Å². The Labute approximate surface area is 468 Å². The van der Waals surface area contributed by atoms with Gasteiger partial charge in [-0.3, -0.25) is 0 Å². The molecule has 82 heavy (non-hydrogen) atoms. The lowest BCUT2D eigenvalue weighted by atomic mass is 9.31. The van der Waals surface area contributed by atoms with Gasteiger partial charge in [0.15, 0.2) is 0 Å². The van der Waals surface area contributed by atoms with Crippen molar-refractivity contribution >= 4 is 107 Å². The van der Waals surface area contributed by atoms with Crippen LogP contribution >= 0.6 is 0 Å². The topological polar surface area (TPSA) is 6.48 Å². The molecule has 0 unspecified atom stereocenters. The quantitative estimate of drug-likeness (QED) is 0.0988. The van der Waals surface area contributed by atoms with E-state index < -0.39 is 48.6 Å². The van der Waals surface area contributed by atoms with Crippen LogP contribution < -0.4 is 42.6 Å². The number of rotatable bonds is 3. The van der Waals surface area contributed by atoms with Crippen LogP contribution in [0.4, 0.5) is 68.0 Å². The van der Waals surface area contributed by atoms with Crippen LogP contribution in [0.3, 0.4) is 0 Å². The molecule has 0 radical (unpaired) electrons. The highest BCUT2D eigenvalue weighted by Crippen LogP contribution is 2.54. The number of benzene rings is 11. The second kappa shape index (κ2) is 16.6. The fraction of sp³-hybridized carbons (Fsp3) is 0.159. The zero-order valence-corrected chi connectivity index (χ0v) is 45.7. The summed E-state index contributed by atoms with van der Waals surface area (Å²) in [6.45, 7) is 12.7. The van der Waals surface area contributed by atoms with E-state index in [1.165, 1.54) is 24.3 Å². The Balaban J connectivity index is 1.22. The Bertz CT molecular complexity index is 4660.